The van der Waals surface area contributed by atoms with Crippen LogP contribution in [0.5, 0.6) is 0 Å². The van der Waals surface area contributed by atoms with Crippen LogP contribution in [0, 0.1) is 11.6 Å². The van der Waals surface area contributed by atoms with Crippen LogP contribution in [0.1, 0.15) is 34.1 Å². The topological polar surface area (TPSA) is 75.6 Å². The van der Waals surface area contributed by atoms with E-state index in [1.807, 2.05) is 0 Å². The summed E-state index contributed by atoms with van der Waals surface area (Å²) in [6.45, 7) is 2.10. The van der Waals surface area contributed by atoms with E-state index >= 15 is 0 Å². The number of carbonyl (C=O) groups excluding carboxylic acids is 1. The summed E-state index contributed by atoms with van der Waals surface area (Å²) < 4.78 is 31.0. The van der Waals surface area contributed by atoms with Crippen LogP contribution < -0.4 is 5.32 Å². The van der Waals surface area contributed by atoms with Crippen molar-refractivity contribution in [2.24, 2.45) is 0 Å². The maximum atomic E-state index is 13.2. The van der Waals surface area contributed by atoms with Crippen LogP contribution in [-0.4, -0.2) is 36.7 Å². The summed E-state index contributed by atoms with van der Waals surface area (Å²) in [7, 11) is 1.51. The smallest absolute Gasteiger partial charge is 0.336 e. The molecule has 1 amide bonds. The number of benzene rings is 1. The van der Waals surface area contributed by atoms with Gasteiger partial charge in [0.15, 0.2) is 11.6 Å². The molecule has 0 bridgehead atoms. The fourth-order valence-corrected chi connectivity index (χ4v) is 1.58. The van der Waals surface area contributed by atoms with E-state index in [1.165, 1.54) is 7.11 Å². The van der Waals surface area contributed by atoms with E-state index in [4.69, 9.17) is 9.84 Å². The van der Waals surface area contributed by atoms with Crippen LogP contribution in [0.2, 0.25) is 0 Å². The lowest BCUT2D eigenvalue weighted by Crippen LogP contribution is -2.34. The number of ether oxygens (including phenoxy) is 1. The molecule has 0 aliphatic heterocycles. The minimum Gasteiger partial charge on any atom is -0.478 e. The van der Waals surface area contributed by atoms with Gasteiger partial charge in [-0.3, -0.25) is 4.79 Å². The van der Waals surface area contributed by atoms with Crippen LogP contribution in [0.25, 0.3) is 0 Å². The predicted molar refractivity (Wildman–Crippen MR) is 66.7 cm³/mol. The Balaban J connectivity index is 2.97. The number of rotatable bonds is 6. The Labute approximate surface area is 114 Å². The largest absolute Gasteiger partial charge is 0.478 e. The van der Waals surface area contributed by atoms with Gasteiger partial charge in [-0.15, -0.1) is 0 Å². The van der Waals surface area contributed by atoms with Crippen molar-refractivity contribution >= 4 is 11.9 Å². The molecule has 0 fully saturated rings. The maximum absolute atomic E-state index is 13.2. The van der Waals surface area contributed by atoms with Crippen molar-refractivity contribution in [3.8, 4) is 0 Å². The van der Waals surface area contributed by atoms with E-state index in [0.29, 0.717) is 25.2 Å². The zero-order valence-electron chi connectivity index (χ0n) is 11.1. The van der Waals surface area contributed by atoms with Crippen molar-refractivity contribution in [2.75, 3.05) is 13.7 Å². The fraction of sp³-hybridized carbons (Fsp3) is 0.385. The molecule has 1 aromatic rings. The van der Waals surface area contributed by atoms with E-state index in [-0.39, 0.29) is 6.04 Å². The van der Waals surface area contributed by atoms with E-state index in [9.17, 15) is 18.4 Å². The number of carboxylic acid groups (broad SMARTS) is 1. The second-order valence-corrected chi connectivity index (χ2v) is 4.27. The van der Waals surface area contributed by atoms with Crippen LogP contribution in [0.4, 0.5) is 8.78 Å². The van der Waals surface area contributed by atoms with Crippen LogP contribution in [0.15, 0.2) is 12.1 Å². The number of carbonyl (C=O) groups is 2. The highest BCUT2D eigenvalue weighted by Crippen LogP contribution is 2.15. The van der Waals surface area contributed by atoms with E-state index in [0.717, 1.165) is 0 Å². The van der Waals surface area contributed by atoms with Crippen LogP contribution >= 0.6 is 0 Å². The highest BCUT2D eigenvalue weighted by Gasteiger charge is 2.21. The predicted octanol–water partition coefficient (Wildman–Crippen LogP) is 1.82. The number of aromatic carboxylic acids is 1. The first-order valence-corrected chi connectivity index (χ1v) is 5.89. The molecule has 110 valence electrons. The molecule has 0 aliphatic carbocycles. The van der Waals surface area contributed by atoms with Gasteiger partial charge in [0.25, 0.3) is 5.91 Å². The zero-order chi connectivity index (χ0) is 15.3. The first-order valence-electron chi connectivity index (χ1n) is 5.89. The first-order chi connectivity index (χ1) is 9.36. The molecular weight excluding hydrogens is 272 g/mol. The van der Waals surface area contributed by atoms with Gasteiger partial charge >= 0.3 is 5.97 Å². The van der Waals surface area contributed by atoms with Gasteiger partial charge in [-0.05, 0) is 25.5 Å². The van der Waals surface area contributed by atoms with Gasteiger partial charge in [-0.25, -0.2) is 13.6 Å². The Morgan fingerprint density at radius 1 is 1.30 bits per heavy atom. The maximum Gasteiger partial charge on any atom is 0.336 e. The van der Waals surface area contributed by atoms with E-state index < -0.39 is 34.6 Å². The standard InChI is InChI=1S/C13H15F2NO4/c1-7(3-4-20-2)16-12(17)8-5-10(14)11(15)6-9(8)13(18)19/h5-7H,3-4H2,1-2H3,(H,16,17)(H,18,19). The summed E-state index contributed by atoms with van der Waals surface area (Å²) in [4.78, 5) is 22.9. The minimum atomic E-state index is -1.50. The third-order valence-corrected chi connectivity index (χ3v) is 2.67. The van der Waals surface area contributed by atoms with Crippen molar-refractivity contribution in [1.82, 2.24) is 5.32 Å². The number of methoxy groups -OCH3 is 1. The van der Waals surface area contributed by atoms with Crippen molar-refractivity contribution < 1.29 is 28.2 Å². The fourth-order valence-electron chi connectivity index (χ4n) is 1.58. The number of nitrogens with one attached hydrogen (secondary N) is 1. The van der Waals surface area contributed by atoms with E-state index in [2.05, 4.69) is 5.32 Å². The lowest BCUT2D eigenvalue weighted by molar-refractivity contribution is 0.0689. The van der Waals surface area contributed by atoms with Gasteiger partial charge in [0.05, 0.1) is 11.1 Å². The van der Waals surface area contributed by atoms with Crippen LogP contribution in [-0.2, 0) is 4.74 Å². The normalized spacial score (nSPS) is 12.0. The number of halogens is 2. The molecule has 0 spiro atoms. The molecule has 7 heteroatoms. The number of amides is 1. The molecule has 0 saturated heterocycles. The second kappa shape index (κ2) is 6.95. The average molecular weight is 287 g/mol. The molecule has 1 atom stereocenters. The summed E-state index contributed by atoms with van der Waals surface area (Å²) in [5, 5.41) is 11.4. The first kappa shape index (κ1) is 16.0. The summed E-state index contributed by atoms with van der Waals surface area (Å²) in [5.74, 6) is -4.86. The molecule has 0 saturated carbocycles. The third-order valence-electron chi connectivity index (χ3n) is 2.67. The SMILES string of the molecule is COCCC(C)NC(=O)c1cc(F)c(F)cc1C(=O)O. The number of hydrogen-bond donors (Lipinski definition) is 2. The van der Waals surface area contributed by atoms with Gasteiger partial charge in [0, 0.05) is 19.8 Å². The van der Waals surface area contributed by atoms with Crippen molar-refractivity contribution in [2.45, 2.75) is 19.4 Å². The Hall–Kier alpha value is -2.02. The molecule has 20 heavy (non-hydrogen) atoms. The number of hydrogen-bond acceptors (Lipinski definition) is 3. The third kappa shape index (κ3) is 3.99. The number of carboxylic acids is 1. The molecule has 0 aromatic heterocycles. The molecule has 0 heterocycles. The molecule has 1 aromatic carbocycles. The molecular formula is C13H15F2NO4. The van der Waals surface area contributed by atoms with Crippen molar-refractivity contribution in [1.29, 1.82) is 0 Å². The summed E-state index contributed by atoms with van der Waals surface area (Å²) in [5.41, 5.74) is -0.999. The van der Waals surface area contributed by atoms with E-state index in [1.54, 1.807) is 6.92 Å². The molecule has 5 nitrogen and oxygen atoms in total. The average Bonchev–Trinajstić information content (AvgIpc) is 2.38. The van der Waals surface area contributed by atoms with Gasteiger partial charge in [0.2, 0.25) is 0 Å². The lowest BCUT2D eigenvalue weighted by Gasteiger charge is -2.14. The Kier molecular flexibility index (Phi) is 5.57. The molecule has 1 unspecified atom stereocenters. The minimum absolute atomic E-state index is 0.294. The monoisotopic (exact) mass is 287 g/mol. The molecule has 0 aliphatic rings. The molecule has 0 radical (unpaired) electrons. The highest BCUT2D eigenvalue weighted by molar-refractivity contribution is 6.04. The molecule has 1 rings (SSSR count). The highest BCUT2D eigenvalue weighted by atomic mass is 19.2. The lowest BCUT2D eigenvalue weighted by atomic mass is 10.1. The summed E-state index contributed by atoms with van der Waals surface area (Å²) in [6, 6.07) is 0.779. The van der Waals surface area contributed by atoms with Gasteiger partial charge in [-0.1, -0.05) is 0 Å². The van der Waals surface area contributed by atoms with Gasteiger partial charge in [0.1, 0.15) is 0 Å². The quantitative estimate of drug-likeness (QED) is 0.836. The molecule has 2 N–H and O–H groups in total. The van der Waals surface area contributed by atoms with Gasteiger partial charge in [-0.2, -0.15) is 0 Å². The Bertz CT molecular complexity index is 519. The van der Waals surface area contributed by atoms with Crippen molar-refractivity contribution in [3.63, 3.8) is 0 Å². The summed E-state index contributed by atoms with van der Waals surface area (Å²) >= 11 is 0. The Morgan fingerprint density at radius 2 is 1.85 bits per heavy atom. The summed E-state index contributed by atoms with van der Waals surface area (Å²) in [6.07, 6.45) is 0.508. The zero-order valence-corrected chi connectivity index (χ0v) is 11.1. The second-order valence-electron chi connectivity index (χ2n) is 4.27. The van der Waals surface area contributed by atoms with Crippen LogP contribution in [0.3, 0.4) is 0 Å². The van der Waals surface area contributed by atoms with Gasteiger partial charge < -0.3 is 15.2 Å². The van der Waals surface area contributed by atoms with Crippen molar-refractivity contribution in [3.05, 3.63) is 34.9 Å². The Morgan fingerprint density at radius 3 is 2.35 bits per heavy atom.